The van der Waals surface area contributed by atoms with Gasteiger partial charge in [-0.15, -0.1) is 0 Å². The highest BCUT2D eigenvalue weighted by molar-refractivity contribution is 6.06. The fraction of sp³-hybridized carbons (Fsp3) is 0.545. The number of anilines is 2. The van der Waals surface area contributed by atoms with E-state index < -0.39 is 16.8 Å². The monoisotopic (exact) mass is 385 g/mol. The fourth-order valence-electron chi connectivity index (χ4n) is 3.28. The normalized spacial score (nSPS) is 10.9. The van der Waals surface area contributed by atoms with Crippen molar-refractivity contribution >= 4 is 17.3 Å². The van der Waals surface area contributed by atoms with Crippen molar-refractivity contribution < 1.29 is 4.79 Å². The molecule has 0 aliphatic rings. The summed E-state index contributed by atoms with van der Waals surface area (Å²) in [6.45, 7) is 5.78. The molecule has 1 heterocycles. The second kappa shape index (κ2) is 11.4. The Hall–Kier alpha value is -2.50. The van der Waals surface area contributed by atoms with E-state index in [9.17, 15) is 14.4 Å². The minimum Gasteiger partial charge on any atom is -0.366 e. The summed E-state index contributed by atoms with van der Waals surface area (Å²) >= 11 is 0. The van der Waals surface area contributed by atoms with Crippen molar-refractivity contribution in [2.75, 3.05) is 23.3 Å². The maximum absolute atomic E-state index is 12.4. The lowest BCUT2D eigenvalue weighted by atomic mass is 10.1. The molecule has 6 nitrogen and oxygen atoms in total. The molecule has 1 aromatic carbocycles. The highest BCUT2D eigenvalue weighted by Gasteiger charge is 2.27. The van der Waals surface area contributed by atoms with Gasteiger partial charge in [0.1, 0.15) is 11.4 Å². The number of hydrogen-bond donors (Lipinski definition) is 1. The number of nitrogens with zero attached hydrogens (tertiary/aromatic N) is 2. The zero-order valence-corrected chi connectivity index (χ0v) is 17.0. The number of rotatable bonds is 13. The molecule has 0 radical (unpaired) electrons. The van der Waals surface area contributed by atoms with Gasteiger partial charge in [-0.05, 0) is 25.0 Å². The van der Waals surface area contributed by atoms with Crippen LogP contribution in [0.5, 0.6) is 0 Å². The van der Waals surface area contributed by atoms with Crippen molar-refractivity contribution in [1.82, 2.24) is 4.98 Å². The lowest BCUT2D eigenvalue weighted by Crippen LogP contribution is -2.44. The fourth-order valence-corrected chi connectivity index (χ4v) is 3.28. The summed E-state index contributed by atoms with van der Waals surface area (Å²) in [5.41, 5.74) is -0.176. The Kier molecular flexibility index (Phi) is 8.85. The Morgan fingerprint density at radius 2 is 1.46 bits per heavy atom. The van der Waals surface area contributed by atoms with Crippen molar-refractivity contribution in [3.05, 3.63) is 50.5 Å². The van der Waals surface area contributed by atoms with Gasteiger partial charge in [0.25, 0.3) is 16.8 Å². The summed E-state index contributed by atoms with van der Waals surface area (Å²) in [4.78, 5) is 42.7. The maximum atomic E-state index is 12.4. The molecule has 1 aromatic heterocycles. The van der Waals surface area contributed by atoms with E-state index >= 15 is 0 Å². The minimum absolute atomic E-state index is 0.137. The average Bonchev–Trinajstić information content (AvgIpc) is 2.73. The van der Waals surface area contributed by atoms with E-state index in [0.717, 1.165) is 64.5 Å². The van der Waals surface area contributed by atoms with E-state index in [2.05, 4.69) is 24.1 Å². The Balaban J connectivity index is 2.12. The first-order chi connectivity index (χ1) is 13.6. The van der Waals surface area contributed by atoms with Crippen molar-refractivity contribution in [2.45, 2.75) is 65.2 Å². The molecular weight excluding hydrogens is 354 g/mol. The highest BCUT2D eigenvalue weighted by atomic mass is 16.2. The van der Waals surface area contributed by atoms with Gasteiger partial charge >= 0.3 is 0 Å². The van der Waals surface area contributed by atoms with Gasteiger partial charge in [-0.3, -0.25) is 19.4 Å². The zero-order chi connectivity index (χ0) is 20.4. The van der Waals surface area contributed by atoms with Crippen LogP contribution in [0, 0.1) is 0 Å². The van der Waals surface area contributed by atoms with Crippen molar-refractivity contribution in [3.63, 3.8) is 0 Å². The summed E-state index contributed by atoms with van der Waals surface area (Å²) < 4.78 is 0. The van der Waals surface area contributed by atoms with E-state index in [0.29, 0.717) is 11.3 Å². The van der Waals surface area contributed by atoms with Crippen LogP contribution in [-0.4, -0.2) is 24.0 Å². The van der Waals surface area contributed by atoms with Crippen molar-refractivity contribution in [2.24, 2.45) is 0 Å². The molecule has 2 aromatic rings. The minimum atomic E-state index is -0.607. The van der Waals surface area contributed by atoms with Crippen LogP contribution >= 0.6 is 0 Å². The molecule has 0 atom stereocenters. The first kappa shape index (κ1) is 21.8. The Labute approximate surface area is 166 Å². The molecule has 0 spiro atoms. The van der Waals surface area contributed by atoms with Crippen LogP contribution in [0.15, 0.2) is 34.1 Å². The van der Waals surface area contributed by atoms with Crippen LogP contribution in [0.3, 0.4) is 0 Å². The summed E-state index contributed by atoms with van der Waals surface area (Å²) in [6, 6.07) is 3.15. The molecule has 152 valence electrons. The molecule has 0 unspecified atom stereocenters. The molecular formula is C22H31N3O3. The third-order valence-electron chi connectivity index (χ3n) is 4.95. The third kappa shape index (κ3) is 5.75. The van der Waals surface area contributed by atoms with Crippen LogP contribution in [0.2, 0.25) is 0 Å². The van der Waals surface area contributed by atoms with Gasteiger partial charge in [-0.2, -0.15) is 0 Å². The first-order valence-electron chi connectivity index (χ1n) is 10.4. The number of hydrogen-bond acceptors (Lipinski definition) is 5. The second-order valence-corrected chi connectivity index (χ2v) is 7.18. The number of carbonyl (C=O) groups excluding carboxylic acids is 1. The topological polar surface area (TPSA) is 79.4 Å². The zero-order valence-electron chi connectivity index (χ0n) is 17.0. The van der Waals surface area contributed by atoms with Gasteiger partial charge in [-0.25, -0.2) is 0 Å². The van der Waals surface area contributed by atoms with Crippen molar-refractivity contribution in [3.8, 4) is 0 Å². The summed E-state index contributed by atoms with van der Waals surface area (Å²) in [6.07, 6.45) is 11.8. The molecule has 0 aliphatic heterocycles. The molecule has 6 heteroatoms. The van der Waals surface area contributed by atoms with E-state index in [1.54, 1.807) is 12.1 Å². The van der Waals surface area contributed by atoms with Crippen LogP contribution in [0.25, 0.3) is 0 Å². The van der Waals surface area contributed by atoms with E-state index in [-0.39, 0.29) is 5.69 Å². The molecule has 0 saturated heterocycles. The maximum Gasteiger partial charge on any atom is 0.255 e. The van der Waals surface area contributed by atoms with E-state index in [1.807, 2.05) is 4.90 Å². The van der Waals surface area contributed by atoms with Gasteiger partial charge in [-0.1, -0.05) is 52.4 Å². The SMILES string of the molecule is CCCCCCN(CCCCCC)c1c(NC(=O)c2ccncc2)c(=O)c1=O. The lowest BCUT2D eigenvalue weighted by molar-refractivity contribution is 0.102. The van der Waals surface area contributed by atoms with Gasteiger partial charge in [0.15, 0.2) is 0 Å². The Morgan fingerprint density at radius 3 is 2.00 bits per heavy atom. The molecule has 2 rings (SSSR count). The first-order valence-corrected chi connectivity index (χ1v) is 10.4. The highest BCUT2D eigenvalue weighted by Crippen LogP contribution is 2.22. The number of aromatic nitrogens is 1. The van der Waals surface area contributed by atoms with E-state index in [4.69, 9.17) is 0 Å². The summed E-state index contributed by atoms with van der Waals surface area (Å²) in [5, 5.41) is 2.65. The van der Waals surface area contributed by atoms with Crippen LogP contribution in [0.1, 0.15) is 75.6 Å². The lowest BCUT2D eigenvalue weighted by Gasteiger charge is -2.27. The Bertz CT molecular complexity index is 798. The van der Waals surface area contributed by atoms with Crippen LogP contribution < -0.4 is 21.1 Å². The summed E-state index contributed by atoms with van der Waals surface area (Å²) in [7, 11) is 0. The third-order valence-corrected chi connectivity index (χ3v) is 4.95. The van der Waals surface area contributed by atoms with Gasteiger partial charge < -0.3 is 10.2 Å². The Morgan fingerprint density at radius 1 is 0.893 bits per heavy atom. The predicted molar refractivity (Wildman–Crippen MR) is 114 cm³/mol. The van der Waals surface area contributed by atoms with Gasteiger partial charge in [0, 0.05) is 31.0 Å². The molecule has 0 aliphatic carbocycles. The largest absolute Gasteiger partial charge is 0.366 e. The number of amides is 1. The standard InChI is InChI=1S/C22H31N3O3/c1-3-5-7-9-15-25(16-10-8-6-4-2)19-18(20(26)21(19)27)24-22(28)17-11-13-23-14-12-17/h11-14H,3-10,15-16H2,1-2H3,(H,24,28). The molecule has 0 fully saturated rings. The number of carbonyl (C=O) groups is 1. The van der Waals surface area contributed by atoms with Gasteiger partial charge in [0.05, 0.1) is 0 Å². The number of nitrogens with one attached hydrogen (secondary N) is 1. The molecule has 1 N–H and O–H groups in total. The quantitative estimate of drug-likeness (QED) is 0.418. The molecule has 28 heavy (non-hydrogen) atoms. The average molecular weight is 386 g/mol. The second-order valence-electron chi connectivity index (χ2n) is 7.18. The van der Waals surface area contributed by atoms with Crippen LogP contribution in [-0.2, 0) is 0 Å². The smallest absolute Gasteiger partial charge is 0.255 e. The molecule has 0 bridgehead atoms. The van der Waals surface area contributed by atoms with Gasteiger partial charge in [0.2, 0.25) is 0 Å². The molecule has 0 saturated carbocycles. The number of pyridine rings is 1. The number of unbranched alkanes of at least 4 members (excludes halogenated alkanes) is 6. The molecule has 1 amide bonds. The predicted octanol–water partition coefficient (Wildman–Crippen LogP) is 3.90. The summed E-state index contributed by atoms with van der Waals surface area (Å²) in [5.74, 6) is -0.396. The van der Waals surface area contributed by atoms with E-state index in [1.165, 1.54) is 12.4 Å². The van der Waals surface area contributed by atoms with Crippen molar-refractivity contribution in [1.29, 1.82) is 0 Å². The van der Waals surface area contributed by atoms with Crippen LogP contribution in [0.4, 0.5) is 11.4 Å².